The molecule has 3 saturated carbocycles. The fourth-order valence-electron chi connectivity index (χ4n) is 3.71. The molecule has 0 amide bonds. The number of rotatable bonds is 0. The van der Waals surface area contributed by atoms with Crippen molar-refractivity contribution in [2.45, 2.75) is 135 Å². The lowest BCUT2D eigenvalue weighted by Gasteiger charge is -1.93. The molecule has 0 heterocycles. The summed E-state index contributed by atoms with van der Waals surface area (Å²) in [7, 11) is 0. The first-order valence-corrected chi connectivity index (χ1v) is 12.0. The average Bonchev–Trinajstić information content (AvgIpc) is 3.27. The molecule has 0 aromatic rings. The molecule has 3 aliphatic carbocycles. The molecule has 0 atom stereocenters. The zero-order valence-electron chi connectivity index (χ0n) is 19.1. The first-order valence-electron chi connectivity index (χ1n) is 12.0. The highest BCUT2D eigenvalue weighted by atomic mass is 14.0. The van der Waals surface area contributed by atoms with Gasteiger partial charge in [-0.1, -0.05) is 135 Å². The topological polar surface area (TPSA) is 0 Å². The number of hydrogen-bond donors (Lipinski definition) is 0. The highest BCUT2D eigenvalue weighted by molar-refractivity contribution is 4.52. The molecule has 0 heteroatoms. The van der Waals surface area contributed by atoms with Crippen LogP contribution in [-0.2, 0) is 0 Å². The molecule has 0 nitrogen and oxygen atoms in total. The lowest BCUT2D eigenvalue weighted by molar-refractivity contribution is 0.624. The van der Waals surface area contributed by atoms with E-state index in [1.165, 1.54) is 135 Å². The summed E-state index contributed by atoms with van der Waals surface area (Å²) in [5.41, 5.74) is 0. The van der Waals surface area contributed by atoms with Crippen LogP contribution < -0.4 is 0 Å². The zero-order chi connectivity index (χ0) is 20.8. The Kier molecular flexibility index (Phi) is 41.5. The van der Waals surface area contributed by atoms with E-state index < -0.39 is 0 Å². The van der Waals surface area contributed by atoms with E-state index in [9.17, 15) is 0 Å². The molecule has 162 valence electrons. The van der Waals surface area contributed by atoms with Crippen molar-refractivity contribution in [3.05, 3.63) is 39.5 Å². The van der Waals surface area contributed by atoms with Gasteiger partial charge < -0.3 is 0 Å². The molecule has 0 spiro atoms. The molecule has 3 rings (SSSR count). The Labute approximate surface area is 174 Å². The Morgan fingerprint density at radius 2 is 0.185 bits per heavy atom. The van der Waals surface area contributed by atoms with Gasteiger partial charge in [0, 0.05) is 0 Å². The third-order valence-corrected chi connectivity index (χ3v) is 5.25. The predicted octanol–water partition coefficient (Wildman–Crippen LogP) is 10.6. The van der Waals surface area contributed by atoms with Gasteiger partial charge in [0.15, 0.2) is 0 Å². The molecule has 0 unspecified atom stereocenters. The zero-order valence-corrected chi connectivity index (χ0v) is 19.1. The Hall–Kier alpha value is -0.780. The summed E-state index contributed by atoms with van der Waals surface area (Å²) < 4.78 is 0. The van der Waals surface area contributed by atoms with Gasteiger partial charge in [-0.2, -0.15) is 0 Å². The SMILES string of the molecule is C1CCCC1.C1CCCCCC1.C1CCCCCCCC1.C=C.C=C.C=C. The van der Waals surface area contributed by atoms with Crippen LogP contribution in [0.15, 0.2) is 39.5 Å². The minimum absolute atomic E-state index is 1.50. The maximum atomic E-state index is 3.00. The van der Waals surface area contributed by atoms with Crippen molar-refractivity contribution in [2.24, 2.45) is 0 Å². The molecule has 0 saturated heterocycles. The fourth-order valence-corrected chi connectivity index (χ4v) is 3.71. The van der Waals surface area contributed by atoms with Crippen LogP contribution in [0.3, 0.4) is 0 Å². The summed E-state index contributed by atoms with van der Waals surface area (Å²) >= 11 is 0. The summed E-state index contributed by atoms with van der Waals surface area (Å²) in [6.07, 6.45) is 31.5. The normalized spacial score (nSPS) is 19.1. The van der Waals surface area contributed by atoms with Crippen molar-refractivity contribution >= 4 is 0 Å². The monoisotopic (exact) mass is 378 g/mol. The van der Waals surface area contributed by atoms with Gasteiger partial charge in [0.2, 0.25) is 0 Å². The lowest BCUT2D eigenvalue weighted by atomic mass is 10.1. The van der Waals surface area contributed by atoms with Gasteiger partial charge in [-0.3, -0.25) is 0 Å². The van der Waals surface area contributed by atoms with Gasteiger partial charge in [-0.25, -0.2) is 0 Å². The largest absolute Gasteiger partial charge is 0.106 e. The summed E-state index contributed by atoms with van der Waals surface area (Å²) in [6, 6.07) is 0. The molecule has 0 N–H and O–H groups in total. The van der Waals surface area contributed by atoms with E-state index in [-0.39, 0.29) is 0 Å². The maximum Gasteiger partial charge on any atom is -0.0533 e. The molecule has 0 bridgehead atoms. The van der Waals surface area contributed by atoms with Crippen LogP contribution >= 0.6 is 0 Å². The Morgan fingerprint density at radius 3 is 0.222 bits per heavy atom. The van der Waals surface area contributed by atoms with Crippen molar-refractivity contribution < 1.29 is 0 Å². The second kappa shape index (κ2) is 36.2. The molecule has 0 aromatic heterocycles. The van der Waals surface area contributed by atoms with E-state index in [0.29, 0.717) is 0 Å². The molecule has 0 radical (unpaired) electrons. The van der Waals surface area contributed by atoms with Gasteiger partial charge in [-0.05, 0) is 0 Å². The second-order valence-corrected chi connectivity index (χ2v) is 7.42. The fraction of sp³-hybridized carbons (Fsp3) is 0.778. The molecule has 27 heavy (non-hydrogen) atoms. The van der Waals surface area contributed by atoms with Crippen molar-refractivity contribution in [3.8, 4) is 0 Å². The van der Waals surface area contributed by atoms with Gasteiger partial charge in [0.1, 0.15) is 0 Å². The van der Waals surface area contributed by atoms with Crippen LogP contribution in [0.4, 0.5) is 0 Å². The van der Waals surface area contributed by atoms with Crippen molar-refractivity contribution in [1.82, 2.24) is 0 Å². The Bertz CT molecular complexity index is 156. The first kappa shape index (κ1) is 30.9. The molecule has 3 aliphatic rings. The average molecular weight is 379 g/mol. The van der Waals surface area contributed by atoms with Crippen molar-refractivity contribution in [1.29, 1.82) is 0 Å². The summed E-state index contributed by atoms with van der Waals surface area (Å²) in [4.78, 5) is 0. The summed E-state index contributed by atoms with van der Waals surface area (Å²) in [5, 5.41) is 0. The predicted molar refractivity (Wildman–Crippen MR) is 131 cm³/mol. The summed E-state index contributed by atoms with van der Waals surface area (Å²) in [6.45, 7) is 18.0. The highest BCUT2D eigenvalue weighted by Crippen LogP contribution is 2.16. The minimum Gasteiger partial charge on any atom is -0.106 e. The quantitative estimate of drug-likeness (QED) is 0.290. The van der Waals surface area contributed by atoms with Gasteiger partial charge in [0.05, 0.1) is 0 Å². The maximum absolute atomic E-state index is 3.00. The van der Waals surface area contributed by atoms with Crippen molar-refractivity contribution in [3.63, 3.8) is 0 Å². The lowest BCUT2D eigenvalue weighted by Crippen LogP contribution is -1.73. The second-order valence-electron chi connectivity index (χ2n) is 7.42. The van der Waals surface area contributed by atoms with Crippen LogP contribution in [0.2, 0.25) is 0 Å². The van der Waals surface area contributed by atoms with Crippen LogP contribution in [0, 0.1) is 0 Å². The van der Waals surface area contributed by atoms with Crippen LogP contribution in [0.1, 0.15) is 135 Å². The highest BCUT2D eigenvalue weighted by Gasteiger charge is 1.96. The standard InChI is InChI=1S/C9H18.C7H14.C5H10.3C2H4/c1-2-4-6-8-9-7-5-3-1;1-2-4-6-7-5-3-1;1-2-4-5-3-1;3*1-2/h1-9H2;1-7H2;1-5H2;3*1-2H2. The van der Waals surface area contributed by atoms with Crippen LogP contribution in [0.25, 0.3) is 0 Å². The molecule has 3 fully saturated rings. The van der Waals surface area contributed by atoms with E-state index in [4.69, 9.17) is 0 Å². The Morgan fingerprint density at radius 1 is 0.148 bits per heavy atom. The van der Waals surface area contributed by atoms with E-state index in [0.717, 1.165) is 0 Å². The molecular formula is C27H54. The van der Waals surface area contributed by atoms with E-state index in [1.807, 2.05) is 0 Å². The first-order chi connectivity index (χ1) is 13.5. The van der Waals surface area contributed by atoms with Gasteiger partial charge >= 0.3 is 0 Å². The molecule has 0 aromatic carbocycles. The third-order valence-electron chi connectivity index (χ3n) is 5.25. The van der Waals surface area contributed by atoms with Gasteiger partial charge in [0.25, 0.3) is 0 Å². The van der Waals surface area contributed by atoms with E-state index >= 15 is 0 Å². The van der Waals surface area contributed by atoms with Gasteiger partial charge in [-0.15, -0.1) is 39.5 Å². The number of hydrogen-bond acceptors (Lipinski definition) is 0. The smallest absolute Gasteiger partial charge is 0.0533 e. The molecular weight excluding hydrogens is 324 g/mol. The van der Waals surface area contributed by atoms with E-state index in [2.05, 4.69) is 39.5 Å². The summed E-state index contributed by atoms with van der Waals surface area (Å²) in [5.74, 6) is 0. The van der Waals surface area contributed by atoms with Crippen LogP contribution in [-0.4, -0.2) is 0 Å². The van der Waals surface area contributed by atoms with Crippen molar-refractivity contribution in [2.75, 3.05) is 0 Å². The van der Waals surface area contributed by atoms with E-state index in [1.54, 1.807) is 0 Å². The molecule has 0 aliphatic heterocycles. The third kappa shape index (κ3) is 33.3. The van der Waals surface area contributed by atoms with Crippen LogP contribution in [0.5, 0.6) is 0 Å². The Balaban J connectivity index is -0.000000287. The minimum atomic E-state index is 1.50.